The molecule has 0 aliphatic heterocycles. The summed E-state index contributed by atoms with van der Waals surface area (Å²) >= 11 is 2.98. The first-order valence-electron chi connectivity index (χ1n) is 6.96. The van der Waals surface area contributed by atoms with E-state index in [1.807, 2.05) is 0 Å². The fourth-order valence-corrected chi connectivity index (χ4v) is 4.60. The lowest BCUT2D eigenvalue weighted by molar-refractivity contribution is -0.137. The van der Waals surface area contributed by atoms with Crippen molar-refractivity contribution in [2.24, 2.45) is 0 Å². The van der Waals surface area contributed by atoms with Crippen LogP contribution in [0.1, 0.15) is 29.7 Å². The smallest absolute Gasteiger partial charge is 0.316 e. The first kappa shape index (κ1) is 14.6. The average molecular weight is 323 g/mol. The summed E-state index contributed by atoms with van der Waals surface area (Å²) in [5.74, 6) is 0.447. The minimum Gasteiger partial charge on any atom is -0.468 e. The van der Waals surface area contributed by atoms with Crippen molar-refractivity contribution in [2.75, 3.05) is 18.6 Å². The van der Waals surface area contributed by atoms with Crippen LogP contribution < -0.4 is 5.73 Å². The Morgan fingerprint density at radius 3 is 2.95 bits per heavy atom. The summed E-state index contributed by atoms with van der Waals surface area (Å²) in [5.41, 5.74) is 7.48. The standard InChI is InChI=1S/C14H17N3O2S2/c1-19-10(18)7-20-14-16-12(15)11-8-5-3-2-4-6-9(8)21-13(11)17-14/h2-7H2,1H3,(H2,15,16,17). The first-order chi connectivity index (χ1) is 10.2. The van der Waals surface area contributed by atoms with Crippen molar-refractivity contribution in [3.63, 3.8) is 0 Å². The quantitative estimate of drug-likeness (QED) is 0.405. The highest BCUT2D eigenvalue weighted by atomic mass is 32.2. The maximum Gasteiger partial charge on any atom is 0.316 e. The zero-order valence-corrected chi connectivity index (χ0v) is 13.5. The lowest BCUT2D eigenvalue weighted by Crippen LogP contribution is -2.04. The third-order valence-corrected chi connectivity index (χ3v) is 5.63. The van der Waals surface area contributed by atoms with Crippen LogP contribution >= 0.6 is 23.1 Å². The van der Waals surface area contributed by atoms with Crippen LogP contribution in [-0.2, 0) is 22.4 Å². The first-order valence-corrected chi connectivity index (χ1v) is 8.76. The molecule has 1 aliphatic rings. The van der Waals surface area contributed by atoms with Gasteiger partial charge in [-0.05, 0) is 31.2 Å². The summed E-state index contributed by atoms with van der Waals surface area (Å²) < 4.78 is 4.63. The molecule has 0 spiro atoms. The van der Waals surface area contributed by atoms with E-state index in [1.165, 1.54) is 48.6 Å². The third-order valence-electron chi connectivity index (χ3n) is 3.62. The topological polar surface area (TPSA) is 78.1 Å². The van der Waals surface area contributed by atoms with Crippen molar-refractivity contribution in [3.05, 3.63) is 10.4 Å². The summed E-state index contributed by atoms with van der Waals surface area (Å²) in [5, 5.41) is 1.57. The summed E-state index contributed by atoms with van der Waals surface area (Å²) in [6.07, 6.45) is 5.89. The van der Waals surface area contributed by atoms with E-state index in [9.17, 15) is 4.79 Å². The lowest BCUT2D eigenvalue weighted by atomic mass is 10.1. The van der Waals surface area contributed by atoms with Gasteiger partial charge in [-0.1, -0.05) is 18.2 Å². The Balaban J connectivity index is 1.95. The van der Waals surface area contributed by atoms with E-state index >= 15 is 0 Å². The normalized spacial score (nSPS) is 14.7. The van der Waals surface area contributed by atoms with Gasteiger partial charge < -0.3 is 10.5 Å². The second-order valence-electron chi connectivity index (χ2n) is 5.00. The number of nitrogen functional groups attached to an aromatic ring is 1. The van der Waals surface area contributed by atoms with Gasteiger partial charge in [-0.3, -0.25) is 4.79 Å². The molecule has 2 heterocycles. The van der Waals surface area contributed by atoms with Crippen LogP contribution in [0, 0.1) is 0 Å². The van der Waals surface area contributed by atoms with Gasteiger partial charge in [-0.15, -0.1) is 11.3 Å². The Morgan fingerprint density at radius 2 is 2.14 bits per heavy atom. The Hall–Kier alpha value is -1.34. The van der Waals surface area contributed by atoms with Gasteiger partial charge in [0.2, 0.25) is 0 Å². The van der Waals surface area contributed by atoms with Gasteiger partial charge in [0, 0.05) is 4.88 Å². The monoisotopic (exact) mass is 323 g/mol. The summed E-state index contributed by atoms with van der Waals surface area (Å²) in [7, 11) is 1.37. The van der Waals surface area contributed by atoms with E-state index in [0.29, 0.717) is 11.0 Å². The van der Waals surface area contributed by atoms with Crippen LogP contribution in [0.15, 0.2) is 5.16 Å². The number of carbonyl (C=O) groups is 1. The van der Waals surface area contributed by atoms with Gasteiger partial charge in [0.05, 0.1) is 18.2 Å². The molecule has 0 saturated carbocycles. The van der Waals surface area contributed by atoms with Crippen LogP contribution in [0.25, 0.3) is 10.2 Å². The van der Waals surface area contributed by atoms with Crippen molar-refractivity contribution >= 4 is 45.1 Å². The maximum absolute atomic E-state index is 11.2. The van der Waals surface area contributed by atoms with E-state index < -0.39 is 0 Å². The van der Waals surface area contributed by atoms with Crippen molar-refractivity contribution in [2.45, 2.75) is 37.3 Å². The molecular weight excluding hydrogens is 306 g/mol. The molecule has 7 heteroatoms. The number of aryl methyl sites for hydroxylation is 2. The van der Waals surface area contributed by atoms with Crippen LogP contribution in [0.2, 0.25) is 0 Å². The number of nitrogens with zero attached hydrogens (tertiary/aromatic N) is 2. The number of hydrogen-bond donors (Lipinski definition) is 1. The highest BCUT2D eigenvalue weighted by Crippen LogP contribution is 2.37. The molecule has 0 atom stereocenters. The molecule has 2 aromatic heterocycles. The number of carbonyl (C=O) groups excluding carboxylic acids is 1. The lowest BCUT2D eigenvalue weighted by Gasteiger charge is -2.04. The number of aromatic nitrogens is 2. The zero-order valence-electron chi connectivity index (χ0n) is 11.8. The molecular formula is C14H17N3O2S2. The number of thioether (sulfide) groups is 1. The number of fused-ring (bicyclic) bond motifs is 3. The molecule has 0 bridgehead atoms. The third kappa shape index (κ3) is 2.98. The van der Waals surface area contributed by atoms with Gasteiger partial charge in [-0.25, -0.2) is 9.97 Å². The molecule has 0 unspecified atom stereocenters. The Kier molecular flexibility index (Phi) is 4.30. The molecule has 5 nitrogen and oxygen atoms in total. The molecule has 112 valence electrons. The molecule has 2 N–H and O–H groups in total. The van der Waals surface area contributed by atoms with Crippen molar-refractivity contribution in [1.82, 2.24) is 9.97 Å². The average Bonchev–Trinajstić information content (AvgIpc) is 2.67. The largest absolute Gasteiger partial charge is 0.468 e. The predicted octanol–water partition coefficient (Wildman–Crippen LogP) is 2.81. The Bertz CT molecular complexity index is 684. The highest BCUT2D eigenvalue weighted by Gasteiger charge is 2.19. The highest BCUT2D eigenvalue weighted by molar-refractivity contribution is 7.99. The second-order valence-corrected chi connectivity index (χ2v) is 7.03. The Morgan fingerprint density at radius 1 is 1.33 bits per heavy atom. The molecule has 0 saturated heterocycles. The Labute approximate surface area is 131 Å². The summed E-state index contributed by atoms with van der Waals surface area (Å²) in [6.45, 7) is 0. The number of ether oxygens (including phenoxy) is 1. The van der Waals surface area contributed by atoms with E-state index in [0.717, 1.165) is 23.1 Å². The number of nitrogens with two attached hydrogens (primary N) is 1. The second kappa shape index (κ2) is 6.19. The molecule has 21 heavy (non-hydrogen) atoms. The van der Waals surface area contributed by atoms with Gasteiger partial charge in [0.1, 0.15) is 10.6 Å². The van der Waals surface area contributed by atoms with Crippen LogP contribution in [0.5, 0.6) is 0 Å². The van der Waals surface area contributed by atoms with Crippen LogP contribution in [-0.4, -0.2) is 28.8 Å². The molecule has 0 radical (unpaired) electrons. The van der Waals surface area contributed by atoms with E-state index in [4.69, 9.17) is 5.73 Å². The van der Waals surface area contributed by atoms with Crippen LogP contribution in [0.4, 0.5) is 5.82 Å². The number of hydrogen-bond acceptors (Lipinski definition) is 7. The van der Waals surface area contributed by atoms with Crippen LogP contribution in [0.3, 0.4) is 0 Å². The number of esters is 1. The molecule has 0 fully saturated rings. The molecule has 1 aliphatic carbocycles. The van der Waals surface area contributed by atoms with Crippen molar-refractivity contribution < 1.29 is 9.53 Å². The molecule has 2 aromatic rings. The number of methoxy groups -OCH3 is 1. The van der Waals surface area contributed by atoms with E-state index in [2.05, 4.69) is 14.7 Å². The van der Waals surface area contributed by atoms with Gasteiger partial charge in [0.25, 0.3) is 0 Å². The summed E-state index contributed by atoms with van der Waals surface area (Å²) in [4.78, 5) is 22.5. The molecule has 3 rings (SSSR count). The summed E-state index contributed by atoms with van der Waals surface area (Å²) in [6, 6.07) is 0. The van der Waals surface area contributed by atoms with Crippen molar-refractivity contribution in [1.29, 1.82) is 0 Å². The fourth-order valence-electron chi connectivity index (χ4n) is 2.59. The SMILES string of the molecule is COC(=O)CSc1nc(N)c2c3c(sc2n1)CCCCC3. The fraction of sp³-hybridized carbons (Fsp3) is 0.500. The van der Waals surface area contributed by atoms with Crippen molar-refractivity contribution in [3.8, 4) is 0 Å². The predicted molar refractivity (Wildman–Crippen MR) is 85.8 cm³/mol. The molecule has 0 amide bonds. The zero-order chi connectivity index (χ0) is 14.8. The molecule has 0 aromatic carbocycles. The number of anilines is 1. The maximum atomic E-state index is 11.2. The van der Waals surface area contributed by atoms with E-state index in [-0.39, 0.29) is 11.7 Å². The van der Waals surface area contributed by atoms with Gasteiger partial charge in [0.15, 0.2) is 5.16 Å². The minimum atomic E-state index is -0.288. The van der Waals surface area contributed by atoms with Gasteiger partial charge >= 0.3 is 5.97 Å². The number of thiophene rings is 1. The van der Waals surface area contributed by atoms with E-state index in [1.54, 1.807) is 11.3 Å². The number of rotatable bonds is 3. The van der Waals surface area contributed by atoms with Gasteiger partial charge in [-0.2, -0.15) is 0 Å². The minimum absolute atomic E-state index is 0.201.